The Morgan fingerprint density at radius 2 is 1.69 bits per heavy atom. The van der Waals surface area contributed by atoms with Crippen LogP contribution in [0, 0.1) is 0 Å². The number of hydrogen-bond acceptors (Lipinski definition) is 6. The Hall–Kier alpha value is -4.69. The summed E-state index contributed by atoms with van der Waals surface area (Å²) >= 11 is 0. The SMILES string of the molecule is COc1ccc(C(CCN2CCC(Nc3nc4ccccc4n3Cc3ccccn3)CC2)CN(C)C(=O)c2ccccc2)cc1. The first-order valence-electron chi connectivity index (χ1n) is 15.9. The summed E-state index contributed by atoms with van der Waals surface area (Å²) in [6.45, 7) is 4.36. The van der Waals surface area contributed by atoms with Crippen LogP contribution in [0.15, 0.2) is 103 Å². The van der Waals surface area contributed by atoms with Crippen molar-refractivity contribution in [3.05, 3.63) is 120 Å². The van der Waals surface area contributed by atoms with Crippen LogP contribution in [0.5, 0.6) is 5.75 Å². The monoisotopic (exact) mass is 602 g/mol. The van der Waals surface area contributed by atoms with Crippen LogP contribution in [0.1, 0.15) is 46.8 Å². The predicted octanol–water partition coefficient (Wildman–Crippen LogP) is 6.31. The van der Waals surface area contributed by atoms with Gasteiger partial charge in [-0.3, -0.25) is 9.78 Å². The molecule has 3 heterocycles. The number of para-hydroxylation sites is 2. The summed E-state index contributed by atoms with van der Waals surface area (Å²) in [5, 5.41) is 3.78. The van der Waals surface area contributed by atoms with E-state index in [0.717, 1.165) is 72.9 Å². The highest BCUT2D eigenvalue weighted by atomic mass is 16.5. The number of hydrogen-bond donors (Lipinski definition) is 1. The number of carbonyl (C=O) groups is 1. The van der Waals surface area contributed by atoms with Crippen LogP contribution in [0.2, 0.25) is 0 Å². The maximum Gasteiger partial charge on any atom is 0.253 e. The average Bonchev–Trinajstić information content (AvgIpc) is 3.44. The summed E-state index contributed by atoms with van der Waals surface area (Å²) < 4.78 is 7.65. The zero-order chi connectivity index (χ0) is 31.0. The van der Waals surface area contributed by atoms with E-state index in [2.05, 4.69) is 56.2 Å². The van der Waals surface area contributed by atoms with E-state index in [-0.39, 0.29) is 11.8 Å². The molecule has 3 aromatic carbocycles. The standard InChI is InChI=1S/C37H42N6O2/c1-41(36(44)29-10-4-3-5-11-29)26-30(28-15-17-33(45-2)18-16-28)19-23-42-24-20-31(21-25-42)39-37-40-34-13-6-7-14-35(34)43(37)27-32-12-8-9-22-38-32/h3-18,22,30-31H,19-21,23-27H2,1-2H3,(H,39,40). The first-order chi connectivity index (χ1) is 22.1. The molecule has 0 aliphatic carbocycles. The Balaban J connectivity index is 1.08. The lowest BCUT2D eigenvalue weighted by molar-refractivity contribution is 0.0782. The molecule has 45 heavy (non-hydrogen) atoms. The van der Waals surface area contributed by atoms with Gasteiger partial charge in [-0.2, -0.15) is 0 Å². The maximum atomic E-state index is 13.2. The Kier molecular flexibility index (Phi) is 9.71. The largest absolute Gasteiger partial charge is 0.497 e. The number of piperidine rings is 1. The molecule has 232 valence electrons. The minimum atomic E-state index is 0.0510. The average molecular weight is 603 g/mol. The number of methoxy groups -OCH3 is 1. The van der Waals surface area contributed by atoms with Gasteiger partial charge in [0, 0.05) is 50.4 Å². The fourth-order valence-corrected chi connectivity index (χ4v) is 6.28. The molecule has 1 aliphatic heterocycles. The summed E-state index contributed by atoms with van der Waals surface area (Å²) in [5.41, 5.74) is 5.07. The molecule has 2 aromatic heterocycles. The highest BCUT2D eigenvalue weighted by Gasteiger charge is 2.24. The molecular formula is C37H42N6O2. The first-order valence-corrected chi connectivity index (χ1v) is 15.9. The molecule has 0 radical (unpaired) electrons. The van der Waals surface area contributed by atoms with E-state index in [1.54, 1.807) is 7.11 Å². The van der Waals surface area contributed by atoms with Gasteiger partial charge < -0.3 is 24.4 Å². The smallest absolute Gasteiger partial charge is 0.253 e. The van der Waals surface area contributed by atoms with E-state index >= 15 is 0 Å². The van der Waals surface area contributed by atoms with Crippen molar-refractivity contribution in [2.24, 2.45) is 0 Å². The molecule has 1 unspecified atom stereocenters. The molecule has 1 fully saturated rings. The second-order valence-corrected chi connectivity index (χ2v) is 11.9. The Morgan fingerprint density at radius 1 is 0.956 bits per heavy atom. The summed E-state index contributed by atoms with van der Waals surface area (Å²) in [7, 11) is 3.59. The third kappa shape index (κ3) is 7.52. The third-order valence-corrected chi connectivity index (χ3v) is 8.86. The Labute approximate surface area is 265 Å². The minimum Gasteiger partial charge on any atom is -0.497 e. The summed E-state index contributed by atoms with van der Waals surface area (Å²) in [5.74, 6) is 2.02. The summed E-state index contributed by atoms with van der Waals surface area (Å²) in [6.07, 6.45) is 4.91. The summed E-state index contributed by atoms with van der Waals surface area (Å²) in [4.78, 5) is 27.1. The van der Waals surface area contributed by atoms with Gasteiger partial charge in [-0.15, -0.1) is 0 Å². The number of ether oxygens (including phenoxy) is 1. The molecule has 8 heteroatoms. The molecule has 1 N–H and O–H groups in total. The number of rotatable bonds is 12. The van der Waals surface area contributed by atoms with Crippen LogP contribution in [-0.2, 0) is 6.54 Å². The molecule has 0 saturated carbocycles. The molecule has 1 atom stereocenters. The number of fused-ring (bicyclic) bond motifs is 1. The van der Waals surface area contributed by atoms with Gasteiger partial charge in [0.2, 0.25) is 5.95 Å². The van der Waals surface area contributed by atoms with Gasteiger partial charge in [-0.25, -0.2) is 4.98 Å². The van der Waals surface area contributed by atoms with Gasteiger partial charge in [0.1, 0.15) is 5.75 Å². The van der Waals surface area contributed by atoms with Gasteiger partial charge >= 0.3 is 0 Å². The highest BCUT2D eigenvalue weighted by Crippen LogP contribution is 2.27. The lowest BCUT2D eigenvalue weighted by Crippen LogP contribution is -2.40. The van der Waals surface area contributed by atoms with Crippen molar-refractivity contribution < 1.29 is 9.53 Å². The van der Waals surface area contributed by atoms with E-state index in [4.69, 9.17) is 9.72 Å². The molecule has 1 amide bonds. The zero-order valence-electron chi connectivity index (χ0n) is 26.2. The molecule has 1 saturated heterocycles. The molecule has 5 aromatic rings. The van der Waals surface area contributed by atoms with Gasteiger partial charge in [-0.1, -0.05) is 48.5 Å². The third-order valence-electron chi connectivity index (χ3n) is 8.86. The van der Waals surface area contributed by atoms with Crippen molar-refractivity contribution in [1.82, 2.24) is 24.3 Å². The number of aromatic nitrogens is 3. The van der Waals surface area contributed by atoms with Crippen molar-refractivity contribution in [3.63, 3.8) is 0 Å². The lowest BCUT2D eigenvalue weighted by Gasteiger charge is -2.34. The molecule has 6 rings (SSSR count). The van der Waals surface area contributed by atoms with Gasteiger partial charge in [0.15, 0.2) is 0 Å². The van der Waals surface area contributed by atoms with Crippen molar-refractivity contribution in [2.45, 2.75) is 37.8 Å². The first kappa shape index (κ1) is 30.3. The number of likely N-dealkylation sites (tertiary alicyclic amines) is 1. The summed E-state index contributed by atoms with van der Waals surface area (Å²) in [6, 6.07) is 32.5. The fraction of sp³-hybridized carbons (Fsp3) is 0.324. The number of likely N-dealkylation sites (N-methyl/N-ethyl adjacent to an activating group) is 1. The number of benzene rings is 3. The number of carbonyl (C=O) groups excluding carboxylic acids is 1. The number of pyridine rings is 1. The molecule has 0 spiro atoms. The molecule has 1 aliphatic rings. The lowest BCUT2D eigenvalue weighted by atomic mass is 9.94. The van der Waals surface area contributed by atoms with E-state index < -0.39 is 0 Å². The molecular weight excluding hydrogens is 560 g/mol. The van der Waals surface area contributed by atoms with Crippen LogP contribution in [0.4, 0.5) is 5.95 Å². The number of nitrogens with zero attached hydrogens (tertiary/aromatic N) is 5. The van der Waals surface area contributed by atoms with Crippen molar-refractivity contribution >= 4 is 22.9 Å². The van der Waals surface area contributed by atoms with Gasteiger partial charge in [0.05, 0.1) is 30.4 Å². The Bertz CT molecular complexity index is 1660. The molecule has 0 bridgehead atoms. The maximum absolute atomic E-state index is 13.2. The number of amides is 1. The highest BCUT2D eigenvalue weighted by molar-refractivity contribution is 5.94. The normalized spacial score (nSPS) is 14.7. The second-order valence-electron chi connectivity index (χ2n) is 11.9. The zero-order valence-corrected chi connectivity index (χ0v) is 26.2. The van der Waals surface area contributed by atoms with Crippen LogP contribution in [-0.4, -0.2) is 76.6 Å². The van der Waals surface area contributed by atoms with Gasteiger partial charge in [0.25, 0.3) is 5.91 Å². The molecule has 8 nitrogen and oxygen atoms in total. The van der Waals surface area contributed by atoms with Crippen LogP contribution in [0.3, 0.4) is 0 Å². The van der Waals surface area contributed by atoms with Crippen LogP contribution < -0.4 is 10.1 Å². The van der Waals surface area contributed by atoms with E-state index in [1.165, 1.54) is 5.56 Å². The Morgan fingerprint density at radius 3 is 2.42 bits per heavy atom. The minimum absolute atomic E-state index is 0.0510. The second kappa shape index (κ2) is 14.4. The number of anilines is 1. The van der Waals surface area contributed by atoms with Crippen LogP contribution >= 0.6 is 0 Å². The predicted molar refractivity (Wildman–Crippen MR) is 180 cm³/mol. The quantitative estimate of drug-likeness (QED) is 0.180. The number of nitrogens with one attached hydrogen (secondary N) is 1. The van der Waals surface area contributed by atoms with E-state index in [9.17, 15) is 4.79 Å². The van der Waals surface area contributed by atoms with Crippen molar-refractivity contribution in [2.75, 3.05) is 45.7 Å². The van der Waals surface area contributed by atoms with Crippen LogP contribution in [0.25, 0.3) is 11.0 Å². The van der Waals surface area contributed by atoms with E-state index in [0.29, 0.717) is 19.1 Å². The topological polar surface area (TPSA) is 75.5 Å². The fourth-order valence-electron chi connectivity index (χ4n) is 6.28. The number of imidazole rings is 1. The van der Waals surface area contributed by atoms with Crippen molar-refractivity contribution in [3.8, 4) is 5.75 Å². The van der Waals surface area contributed by atoms with E-state index in [1.807, 2.05) is 78.8 Å². The van der Waals surface area contributed by atoms with Crippen molar-refractivity contribution in [1.29, 1.82) is 0 Å². The van der Waals surface area contributed by atoms with Gasteiger partial charge in [-0.05, 0) is 79.9 Å².